The number of aliphatic carboxylic acids is 1. The summed E-state index contributed by atoms with van der Waals surface area (Å²) in [4.78, 5) is 24.6. The van der Waals surface area contributed by atoms with Crippen LogP contribution in [0.25, 0.3) is 0 Å². The highest BCUT2D eigenvalue weighted by molar-refractivity contribution is 5.98. The molecule has 0 spiro atoms. The van der Waals surface area contributed by atoms with Crippen molar-refractivity contribution in [3.05, 3.63) is 29.1 Å². The van der Waals surface area contributed by atoms with Crippen LogP contribution in [-0.4, -0.2) is 28.8 Å². The lowest BCUT2D eigenvalue weighted by molar-refractivity contribution is -0.138. The second-order valence-corrected chi connectivity index (χ2v) is 6.10. The van der Waals surface area contributed by atoms with Gasteiger partial charge in [0.25, 0.3) is 0 Å². The Morgan fingerprint density at radius 2 is 2.00 bits per heavy atom. The normalized spacial score (nSPS) is 17.6. The molecule has 21 heavy (non-hydrogen) atoms. The third-order valence-electron chi connectivity index (χ3n) is 3.26. The summed E-state index contributed by atoms with van der Waals surface area (Å²) < 4.78 is 19.4. The summed E-state index contributed by atoms with van der Waals surface area (Å²) in [6.45, 7) is 6.66. The summed E-state index contributed by atoms with van der Waals surface area (Å²) in [5.74, 6) is -1.65. The standard InChI is InChI=1S/C15H18FNO4/c1-8-5-6-10-9(12(8)16)7-11(13(18)19)17(10)14(20)21-15(2,3)4/h5-6,11H,7H2,1-4H3,(H,18,19). The molecule has 0 aromatic heterocycles. The summed E-state index contributed by atoms with van der Waals surface area (Å²) in [5.41, 5.74) is 0.170. The van der Waals surface area contributed by atoms with E-state index in [9.17, 15) is 19.1 Å². The number of anilines is 1. The van der Waals surface area contributed by atoms with E-state index in [1.54, 1.807) is 33.8 Å². The SMILES string of the molecule is Cc1ccc2c(c1F)CC(C(=O)O)N2C(=O)OC(C)(C)C. The van der Waals surface area contributed by atoms with E-state index >= 15 is 0 Å². The summed E-state index contributed by atoms with van der Waals surface area (Å²) in [6.07, 6.45) is -0.839. The number of benzene rings is 1. The van der Waals surface area contributed by atoms with Crippen molar-refractivity contribution in [3.63, 3.8) is 0 Å². The molecular weight excluding hydrogens is 277 g/mol. The Balaban J connectivity index is 2.46. The van der Waals surface area contributed by atoms with Gasteiger partial charge in [-0.3, -0.25) is 4.90 Å². The molecule has 1 aliphatic heterocycles. The van der Waals surface area contributed by atoms with Gasteiger partial charge in [0, 0.05) is 12.0 Å². The molecule has 1 aromatic rings. The zero-order valence-corrected chi connectivity index (χ0v) is 12.4. The van der Waals surface area contributed by atoms with Gasteiger partial charge in [-0.25, -0.2) is 14.0 Å². The smallest absolute Gasteiger partial charge is 0.415 e. The number of carboxylic acid groups (broad SMARTS) is 1. The van der Waals surface area contributed by atoms with E-state index in [0.717, 1.165) is 4.90 Å². The van der Waals surface area contributed by atoms with Crippen molar-refractivity contribution in [2.45, 2.75) is 45.8 Å². The lowest BCUT2D eigenvalue weighted by atomic mass is 10.1. The molecule has 2 rings (SSSR count). The molecule has 0 saturated heterocycles. The fourth-order valence-electron chi connectivity index (χ4n) is 2.33. The quantitative estimate of drug-likeness (QED) is 0.865. The molecule has 1 N–H and O–H groups in total. The van der Waals surface area contributed by atoms with Crippen molar-refractivity contribution in [1.82, 2.24) is 0 Å². The summed E-state index contributed by atoms with van der Waals surface area (Å²) >= 11 is 0. The van der Waals surface area contributed by atoms with Crippen LogP contribution in [0.1, 0.15) is 31.9 Å². The van der Waals surface area contributed by atoms with Crippen molar-refractivity contribution in [2.24, 2.45) is 0 Å². The molecule has 1 amide bonds. The second-order valence-electron chi connectivity index (χ2n) is 6.10. The zero-order chi connectivity index (χ0) is 15.9. The molecule has 5 nitrogen and oxygen atoms in total. The van der Waals surface area contributed by atoms with E-state index in [-0.39, 0.29) is 17.7 Å². The summed E-state index contributed by atoms with van der Waals surface area (Å²) in [5, 5.41) is 9.29. The highest BCUT2D eigenvalue weighted by Crippen LogP contribution is 2.36. The Morgan fingerprint density at radius 1 is 1.38 bits per heavy atom. The van der Waals surface area contributed by atoms with Crippen LogP contribution in [-0.2, 0) is 16.0 Å². The Kier molecular flexibility index (Phi) is 3.65. The maximum absolute atomic E-state index is 14.1. The zero-order valence-electron chi connectivity index (χ0n) is 12.4. The number of halogens is 1. The molecule has 0 saturated carbocycles. The molecule has 0 fully saturated rings. The molecule has 1 aromatic carbocycles. The van der Waals surface area contributed by atoms with Gasteiger partial charge in [-0.05, 0) is 39.3 Å². The van der Waals surface area contributed by atoms with Crippen LogP contribution >= 0.6 is 0 Å². The van der Waals surface area contributed by atoms with Gasteiger partial charge in [-0.1, -0.05) is 6.07 Å². The van der Waals surface area contributed by atoms with Gasteiger partial charge in [0.05, 0.1) is 5.69 Å². The highest BCUT2D eigenvalue weighted by atomic mass is 19.1. The predicted octanol–water partition coefficient (Wildman–Crippen LogP) is 2.88. The van der Waals surface area contributed by atoms with Gasteiger partial charge in [-0.2, -0.15) is 0 Å². The lowest BCUT2D eigenvalue weighted by Crippen LogP contribution is -2.45. The Bertz CT molecular complexity index is 606. The van der Waals surface area contributed by atoms with Crippen molar-refractivity contribution >= 4 is 17.7 Å². The number of fused-ring (bicyclic) bond motifs is 1. The largest absolute Gasteiger partial charge is 0.480 e. The number of nitrogens with zero attached hydrogens (tertiary/aromatic N) is 1. The van der Waals surface area contributed by atoms with E-state index in [1.807, 2.05) is 0 Å². The maximum atomic E-state index is 14.1. The number of aryl methyl sites for hydroxylation is 1. The molecule has 1 heterocycles. The van der Waals surface area contributed by atoms with Gasteiger partial charge in [0.1, 0.15) is 17.5 Å². The van der Waals surface area contributed by atoms with Crippen LogP contribution in [0.3, 0.4) is 0 Å². The molecular formula is C15H18FNO4. The van der Waals surface area contributed by atoms with Gasteiger partial charge in [-0.15, -0.1) is 0 Å². The molecule has 1 aliphatic rings. The van der Waals surface area contributed by atoms with Crippen LogP contribution in [0.5, 0.6) is 0 Å². The summed E-state index contributed by atoms with van der Waals surface area (Å²) in [6, 6.07) is 1.93. The number of hydrogen-bond donors (Lipinski definition) is 1. The number of amides is 1. The number of carboxylic acids is 1. The summed E-state index contributed by atoms with van der Waals surface area (Å²) in [7, 11) is 0. The minimum Gasteiger partial charge on any atom is -0.480 e. The van der Waals surface area contributed by atoms with Crippen molar-refractivity contribution in [3.8, 4) is 0 Å². The Labute approximate surface area is 122 Å². The second kappa shape index (κ2) is 5.02. The number of ether oxygens (including phenoxy) is 1. The van der Waals surface area contributed by atoms with Crippen molar-refractivity contribution in [1.29, 1.82) is 0 Å². The third kappa shape index (κ3) is 2.84. The average Bonchev–Trinajstić information content (AvgIpc) is 2.72. The molecule has 0 radical (unpaired) electrons. The minimum atomic E-state index is -1.19. The molecule has 114 valence electrons. The lowest BCUT2D eigenvalue weighted by Gasteiger charge is -2.27. The van der Waals surface area contributed by atoms with Crippen LogP contribution in [0.15, 0.2) is 12.1 Å². The predicted molar refractivity (Wildman–Crippen MR) is 75.0 cm³/mol. The van der Waals surface area contributed by atoms with Crippen LogP contribution in [0.2, 0.25) is 0 Å². The average molecular weight is 295 g/mol. The van der Waals surface area contributed by atoms with E-state index in [4.69, 9.17) is 4.74 Å². The number of rotatable bonds is 1. The van der Waals surface area contributed by atoms with E-state index in [1.165, 1.54) is 6.07 Å². The fourth-order valence-corrected chi connectivity index (χ4v) is 2.33. The molecule has 1 unspecified atom stereocenters. The van der Waals surface area contributed by atoms with Gasteiger partial charge >= 0.3 is 12.1 Å². The molecule has 0 bridgehead atoms. The number of hydrogen-bond acceptors (Lipinski definition) is 3. The molecule has 1 atom stereocenters. The van der Waals surface area contributed by atoms with Gasteiger partial charge in [0.15, 0.2) is 0 Å². The van der Waals surface area contributed by atoms with Crippen LogP contribution in [0, 0.1) is 12.7 Å². The highest BCUT2D eigenvalue weighted by Gasteiger charge is 2.42. The topological polar surface area (TPSA) is 66.8 Å². The first-order valence-electron chi connectivity index (χ1n) is 6.65. The first kappa shape index (κ1) is 15.3. The van der Waals surface area contributed by atoms with Gasteiger partial charge in [0.2, 0.25) is 0 Å². The number of carbonyl (C=O) groups is 2. The first-order valence-corrected chi connectivity index (χ1v) is 6.65. The maximum Gasteiger partial charge on any atom is 0.415 e. The minimum absolute atomic E-state index is 0.0581. The third-order valence-corrected chi connectivity index (χ3v) is 3.26. The monoisotopic (exact) mass is 295 g/mol. The van der Waals surface area contributed by atoms with Crippen molar-refractivity contribution < 1.29 is 23.8 Å². The van der Waals surface area contributed by atoms with E-state index < -0.39 is 29.5 Å². The van der Waals surface area contributed by atoms with Gasteiger partial charge < -0.3 is 9.84 Å². The first-order chi connectivity index (χ1) is 9.61. The Hall–Kier alpha value is -2.11. The molecule has 6 heteroatoms. The molecule has 0 aliphatic carbocycles. The van der Waals surface area contributed by atoms with Crippen molar-refractivity contribution in [2.75, 3.05) is 4.90 Å². The fraction of sp³-hybridized carbons (Fsp3) is 0.467. The van der Waals surface area contributed by atoms with Crippen LogP contribution in [0.4, 0.5) is 14.9 Å². The Morgan fingerprint density at radius 3 is 2.52 bits per heavy atom. The van der Waals surface area contributed by atoms with Crippen LogP contribution < -0.4 is 4.90 Å². The van der Waals surface area contributed by atoms with E-state index in [0.29, 0.717) is 5.56 Å². The van der Waals surface area contributed by atoms with E-state index in [2.05, 4.69) is 0 Å². The number of carbonyl (C=O) groups excluding carboxylic acids is 1.